The van der Waals surface area contributed by atoms with Crippen molar-refractivity contribution in [3.63, 3.8) is 0 Å². The first-order valence-corrected chi connectivity index (χ1v) is 6.82. The Morgan fingerprint density at radius 3 is 3.15 bits per heavy atom. The fourth-order valence-corrected chi connectivity index (χ4v) is 2.60. The number of hydrogen-bond acceptors (Lipinski definition) is 5. The Balaban J connectivity index is 1.64. The summed E-state index contributed by atoms with van der Waals surface area (Å²) in [6, 6.07) is 5.86. The lowest BCUT2D eigenvalue weighted by Crippen LogP contribution is -2.56. The Hall–Kier alpha value is -1.79. The van der Waals surface area contributed by atoms with Crippen molar-refractivity contribution in [3.05, 3.63) is 23.8 Å². The number of carbonyl (C=O) groups excluding carboxylic acids is 1. The van der Waals surface area contributed by atoms with Crippen LogP contribution in [0.4, 0.5) is 0 Å². The SMILES string of the molecule is CNC(=O)C1CN(Cc2ccc3c(c2)OCO3)CCN1. The van der Waals surface area contributed by atoms with Crippen LogP contribution in [0.25, 0.3) is 0 Å². The second-order valence-electron chi connectivity index (χ2n) is 5.04. The van der Waals surface area contributed by atoms with Gasteiger partial charge in [0.15, 0.2) is 11.5 Å². The minimum atomic E-state index is -0.136. The molecule has 6 heteroatoms. The number of rotatable bonds is 3. The summed E-state index contributed by atoms with van der Waals surface area (Å²) in [5.74, 6) is 1.65. The van der Waals surface area contributed by atoms with Crippen molar-refractivity contribution in [1.29, 1.82) is 0 Å². The van der Waals surface area contributed by atoms with E-state index in [0.29, 0.717) is 13.3 Å². The Morgan fingerprint density at radius 1 is 1.45 bits per heavy atom. The van der Waals surface area contributed by atoms with Crippen molar-refractivity contribution in [3.8, 4) is 11.5 Å². The number of amides is 1. The number of carbonyl (C=O) groups is 1. The molecule has 2 N–H and O–H groups in total. The summed E-state index contributed by atoms with van der Waals surface area (Å²) in [5, 5.41) is 5.92. The normalized spacial score (nSPS) is 21.8. The predicted molar refractivity (Wildman–Crippen MR) is 73.7 cm³/mol. The molecular weight excluding hydrogens is 258 g/mol. The maximum absolute atomic E-state index is 11.7. The first-order chi connectivity index (χ1) is 9.76. The smallest absolute Gasteiger partial charge is 0.238 e. The minimum Gasteiger partial charge on any atom is -0.454 e. The van der Waals surface area contributed by atoms with E-state index in [1.807, 2.05) is 18.2 Å². The molecule has 108 valence electrons. The third-order valence-electron chi connectivity index (χ3n) is 3.67. The Morgan fingerprint density at radius 2 is 2.30 bits per heavy atom. The van der Waals surface area contributed by atoms with Gasteiger partial charge in [-0.2, -0.15) is 0 Å². The summed E-state index contributed by atoms with van der Waals surface area (Å²) < 4.78 is 10.7. The molecule has 1 saturated heterocycles. The van der Waals surface area contributed by atoms with Crippen LogP contribution in [0.5, 0.6) is 11.5 Å². The van der Waals surface area contributed by atoms with Gasteiger partial charge in [0.25, 0.3) is 0 Å². The predicted octanol–water partition coefficient (Wildman–Crippen LogP) is -0.0649. The van der Waals surface area contributed by atoms with Crippen molar-refractivity contribution in [2.45, 2.75) is 12.6 Å². The number of nitrogens with zero attached hydrogens (tertiary/aromatic N) is 1. The topological polar surface area (TPSA) is 62.8 Å². The van der Waals surface area contributed by atoms with Gasteiger partial charge in [-0.15, -0.1) is 0 Å². The van der Waals surface area contributed by atoms with E-state index < -0.39 is 0 Å². The zero-order valence-corrected chi connectivity index (χ0v) is 11.5. The van der Waals surface area contributed by atoms with Gasteiger partial charge in [0.05, 0.1) is 6.04 Å². The van der Waals surface area contributed by atoms with Crippen LogP contribution in [0, 0.1) is 0 Å². The summed E-state index contributed by atoms with van der Waals surface area (Å²) >= 11 is 0. The van der Waals surface area contributed by atoms with Crippen LogP contribution in [0.1, 0.15) is 5.56 Å². The number of fused-ring (bicyclic) bond motifs is 1. The van der Waals surface area contributed by atoms with Crippen LogP contribution in [-0.2, 0) is 11.3 Å². The molecule has 2 aliphatic rings. The maximum Gasteiger partial charge on any atom is 0.238 e. The zero-order valence-electron chi connectivity index (χ0n) is 11.5. The zero-order chi connectivity index (χ0) is 13.9. The summed E-state index contributed by atoms with van der Waals surface area (Å²) in [4.78, 5) is 14.0. The number of ether oxygens (including phenoxy) is 2. The minimum absolute atomic E-state index is 0.0420. The van der Waals surface area contributed by atoms with Gasteiger partial charge in [0.2, 0.25) is 12.7 Å². The number of piperazine rings is 1. The average Bonchev–Trinajstić information content (AvgIpc) is 2.94. The molecule has 0 saturated carbocycles. The Kier molecular flexibility index (Phi) is 3.75. The molecule has 0 aromatic heterocycles. The summed E-state index contributed by atoms with van der Waals surface area (Å²) in [6.07, 6.45) is 0. The van der Waals surface area contributed by atoms with Gasteiger partial charge in [0, 0.05) is 33.2 Å². The van der Waals surface area contributed by atoms with E-state index in [1.165, 1.54) is 5.56 Å². The fraction of sp³-hybridized carbons (Fsp3) is 0.500. The van der Waals surface area contributed by atoms with Crippen LogP contribution in [0.15, 0.2) is 18.2 Å². The molecule has 1 amide bonds. The highest BCUT2D eigenvalue weighted by atomic mass is 16.7. The molecule has 0 spiro atoms. The highest BCUT2D eigenvalue weighted by Crippen LogP contribution is 2.32. The number of likely N-dealkylation sites (N-methyl/N-ethyl adjacent to an activating group) is 1. The monoisotopic (exact) mass is 277 g/mol. The van der Waals surface area contributed by atoms with E-state index in [0.717, 1.165) is 31.1 Å². The third kappa shape index (κ3) is 2.71. The van der Waals surface area contributed by atoms with Gasteiger partial charge < -0.3 is 20.1 Å². The molecule has 20 heavy (non-hydrogen) atoms. The van der Waals surface area contributed by atoms with Crippen molar-refractivity contribution >= 4 is 5.91 Å². The van der Waals surface area contributed by atoms with Crippen LogP contribution < -0.4 is 20.1 Å². The van der Waals surface area contributed by atoms with Crippen LogP contribution in [0.2, 0.25) is 0 Å². The van der Waals surface area contributed by atoms with E-state index >= 15 is 0 Å². The fourth-order valence-electron chi connectivity index (χ4n) is 2.60. The molecule has 2 heterocycles. The third-order valence-corrected chi connectivity index (χ3v) is 3.67. The van der Waals surface area contributed by atoms with E-state index in [9.17, 15) is 4.79 Å². The number of benzene rings is 1. The van der Waals surface area contributed by atoms with E-state index in [4.69, 9.17) is 9.47 Å². The lowest BCUT2D eigenvalue weighted by molar-refractivity contribution is -0.123. The molecule has 1 atom stereocenters. The second-order valence-corrected chi connectivity index (χ2v) is 5.04. The molecular formula is C14H19N3O3. The highest BCUT2D eigenvalue weighted by Gasteiger charge is 2.24. The quantitative estimate of drug-likeness (QED) is 0.810. The van der Waals surface area contributed by atoms with Gasteiger partial charge in [-0.05, 0) is 17.7 Å². The van der Waals surface area contributed by atoms with Gasteiger partial charge in [-0.1, -0.05) is 6.07 Å². The van der Waals surface area contributed by atoms with Crippen LogP contribution >= 0.6 is 0 Å². The van der Waals surface area contributed by atoms with E-state index in [-0.39, 0.29) is 11.9 Å². The van der Waals surface area contributed by atoms with Crippen LogP contribution in [0.3, 0.4) is 0 Å². The lowest BCUT2D eigenvalue weighted by atomic mass is 10.1. The maximum atomic E-state index is 11.7. The standard InChI is InChI=1S/C14H19N3O3/c1-15-14(18)11-8-17(5-4-16-11)7-10-2-3-12-13(6-10)20-9-19-12/h2-3,6,11,16H,4-5,7-9H2,1H3,(H,15,18). The lowest BCUT2D eigenvalue weighted by Gasteiger charge is -2.32. The molecule has 1 aromatic carbocycles. The summed E-state index contributed by atoms with van der Waals surface area (Å²) in [6.45, 7) is 3.58. The van der Waals surface area contributed by atoms with Crippen molar-refractivity contribution in [2.75, 3.05) is 33.5 Å². The number of nitrogens with one attached hydrogen (secondary N) is 2. The average molecular weight is 277 g/mol. The first-order valence-electron chi connectivity index (χ1n) is 6.82. The molecule has 0 radical (unpaired) electrons. The van der Waals surface area contributed by atoms with Gasteiger partial charge in [-0.25, -0.2) is 0 Å². The summed E-state index contributed by atoms with van der Waals surface area (Å²) in [7, 11) is 1.67. The van der Waals surface area contributed by atoms with Crippen molar-refractivity contribution in [2.24, 2.45) is 0 Å². The van der Waals surface area contributed by atoms with Gasteiger partial charge in [-0.3, -0.25) is 9.69 Å². The Labute approximate surface area is 118 Å². The van der Waals surface area contributed by atoms with Crippen molar-refractivity contribution in [1.82, 2.24) is 15.5 Å². The molecule has 1 fully saturated rings. The number of hydrogen-bond donors (Lipinski definition) is 2. The van der Waals surface area contributed by atoms with E-state index in [1.54, 1.807) is 7.05 Å². The Bertz CT molecular complexity index is 506. The van der Waals surface area contributed by atoms with Crippen molar-refractivity contribution < 1.29 is 14.3 Å². The summed E-state index contributed by atoms with van der Waals surface area (Å²) in [5.41, 5.74) is 1.17. The van der Waals surface area contributed by atoms with Crippen LogP contribution in [-0.4, -0.2) is 50.3 Å². The molecule has 0 bridgehead atoms. The molecule has 2 aliphatic heterocycles. The second kappa shape index (κ2) is 5.68. The highest BCUT2D eigenvalue weighted by molar-refractivity contribution is 5.81. The molecule has 1 unspecified atom stereocenters. The molecule has 1 aromatic rings. The molecule has 3 rings (SSSR count). The van der Waals surface area contributed by atoms with Gasteiger partial charge >= 0.3 is 0 Å². The molecule has 0 aliphatic carbocycles. The van der Waals surface area contributed by atoms with E-state index in [2.05, 4.69) is 15.5 Å². The molecule has 6 nitrogen and oxygen atoms in total. The first kappa shape index (κ1) is 13.2. The van der Waals surface area contributed by atoms with Gasteiger partial charge in [0.1, 0.15) is 0 Å². The largest absolute Gasteiger partial charge is 0.454 e.